The van der Waals surface area contributed by atoms with Gasteiger partial charge in [-0.05, 0) is 13.8 Å². The molecule has 0 saturated carbocycles. The first-order chi connectivity index (χ1) is 12.4. The number of nitrogens with zero attached hydrogens (tertiary/aromatic N) is 6. The Morgan fingerprint density at radius 1 is 1.31 bits per heavy atom. The molecule has 9 heteroatoms. The molecule has 0 bridgehead atoms. The van der Waals surface area contributed by atoms with Gasteiger partial charge in [-0.25, -0.2) is 9.50 Å². The van der Waals surface area contributed by atoms with Gasteiger partial charge in [-0.2, -0.15) is 10.2 Å². The molecule has 0 unspecified atom stereocenters. The van der Waals surface area contributed by atoms with E-state index >= 15 is 0 Å². The highest BCUT2D eigenvalue weighted by atomic mass is 16.5. The summed E-state index contributed by atoms with van der Waals surface area (Å²) < 4.78 is 9.05. The smallest absolute Gasteiger partial charge is 0.257 e. The number of aliphatic hydroxyl groups excluding tert-OH is 1. The molecule has 1 fully saturated rings. The van der Waals surface area contributed by atoms with E-state index in [1.807, 2.05) is 19.9 Å². The first kappa shape index (κ1) is 16.5. The van der Waals surface area contributed by atoms with Crippen molar-refractivity contribution in [3.05, 3.63) is 41.6 Å². The summed E-state index contributed by atoms with van der Waals surface area (Å²) in [5, 5.41) is 18.7. The summed E-state index contributed by atoms with van der Waals surface area (Å²) in [5.74, 6) is 0.374. The zero-order valence-electron chi connectivity index (χ0n) is 14.8. The third-order valence-corrected chi connectivity index (χ3v) is 4.57. The van der Waals surface area contributed by atoms with Gasteiger partial charge < -0.3 is 14.7 Å². The predicted octanol–water partition coefficient (Wildman–Crippen LogP) is 0.344. The second-order valence-electron chi connectivity index (χ2n) is 6.60. The number of aryl methyl sites for hydroxylation is 3. The number of amides is 1. The molecule has 0 aliphatic carbocycles. The van der Waals surface area contributed by atoms with Gasteiger partial charge in [0.1, 0.15) is 12.2 Å². The van der Waals surface area contributed by atoms with E-state index in [2.05, 4.69) is 15.2 Å². The zero-order chi connectivity index (χ0) is 18.4. The van der Waals surface area contributed by atoms with E-state index in [1.54, 1.807) is 39.7 Å². The van der Waals surface area contributed by atoms with Crippen LogP contribution in [0, 0.1) is 13.8 Å². The van der Waals surface area contributed by atoms with E-state index in [0.29, 0.717) is 23.5 Å². The summed E-state index contributed by atoms with van der Waals surface area (Å²) in [6, 6.07) is 1.86. The zero-order valence-corrected chi connectivity index (χ0v) is 14.8. The molecule has 4 heterocycles. The van der Waals surface area contributed by atoms with Crippen molar-refractivity contribution in [1.82, 2.24) is 29.3 Å². The van der Waals surface area contributed by atoms with E-state index in [1.165, 1.54) is 0 Å². The first-order valence-corrected chi connectivity index (χ1v) is 8.37. The molecule has 3 aromatic rings. The Bertz CT molecular complexity index is 978. The van der Waals surface area contributed by atoms with Crippen LogP contribution >= 0.6 is 0 Å². The van der Waals surface area contributed by atoms with Crippen molar-refractivity contribution in [3.63, 3.8) is 0 Å². The maximum Gasteiger partial charge on any atom is 0.257 e. The van der Waals surface area contributed by atoms with Crippen LogP contribution in [0.25, 0.3) is 5.65 Å². The van der Waals surface area contributed by atoms with Crippen LogP contribution in [-0.2, 0) is 7.05 Å². The van der Waals surface area contributed by atoms with Crippen LogP contribution in [0.2, 0.25) is 0 Å². The number of hydrogen-bond acceptors (Lipinski definition) is 6. The van der Waals surface area contributed by atoms with E-state index in [0.717, 1.165) is 11.4 Å². The van der Waals surface area contributed by atoms with Crippen molar-refractivity contribution >= 4 is 11.6 Å². The molecule has 1 aliphatic rings. The number of aromatic nitrogens is 5. The Kier molecular flexibility index (Phi) is 3.87. The van der Waals surface area contributed by atoms with Gasteiger partial charge >= 0.3 is 0 Å². The maximum atomic E-state index is 12.9. The van der Waals surface area contributed by atoms with Crippen molar-refractivity contribution in [2.45, 2.75) is 26.1 Å². The number of fused-ring (bicyclic) bond motifs is 1. The number of carbonyl (C=O) groups is 1. The van der Waals surface area contributed by atoms with Crippen molar-refractivity contribution < 1.29 is 14.6 Å². The van der Waals surface area contributed by atoms with Crippen molar-refractivity contribution in [3.8, 4) is 5.75 Å². The van der Waals surface area contributed by atoms with Crippen molar-refractivity contribution in [2.24, 2.45) is 7.05 Å². The summed E-state index contributed by atoms with van der Waals surface area (Å²) in [7, 11) is 1.79. The fourth-order valence-corrected chi connectivity index (χ4v) is 3.22. The molecule has 0 radical (unpaired) electrons. The lowest BCUT2D eigenvalue weighted by atomic mass is 10.2. The minimum absolute atomic E-state index is 0.193. The van der Waals surface area contributed by atoms with Crippen LogP contribution in [0.5, 0.6) is 5.75 Å². The van der Waals surface area contributed by atoms with E-state index in [-0.39, 0.29) is 12.5 Å². The molecule has 1 aliphatic heterocycles. The van der Waals surface area contributed by atoms with Gasteiger partial charge in [-0.15, -0.1) is 0 Å². The minimum atomic E-state index is -0.761. The summed E-state index contributed by atoms with van der Waals surface area (Å²) in [5.41, 5.74) is 2.73. The topological polar surface area (TPSA) is 97.8 Å². The van der Waals surface area contributed by atoms with E-state index in [4.69, 9.17) is 4.74 Å². The van der Waals surface area contributed by atoms with E-state index in [9.17, 15) is 9.90 Å². The van der Waals surface area contributed by atoms with Crippen LogP contribution in [0.4, 0.5) is 0 Å². The molecule has 9 nitrogen and oxygen atoms in total. The van der Waals surface area contributed by atoms with E-state index < -0.39 is 12.2 Å². The fourth-order valence-electron chi connectivity index (χ4n) is 3.22. The molecule has 2 atom stereocenters. The molecule has 26 heavy (non-hydrogen) atoms. The van der Waals surface area contributed by atoms with Crippen molar-refractivity contribution in [1.29, 1.82) is 0 Å². The molecule has 1 amide bonds. The summed E-state index contributed by atoms with van der Waals surface area (Å²) in [6.45, 7) is 4.22. The molecule has 136 valence electrons. The Hall–Kier alpha value is -2.94. The van der Waals surface area contributed by atoms with Crippen molar-refractivity contribution in [2.75, 3.05) is 13.1 Å². The Morgan fingerprint density at radius 2 is 2.12 bits per heavy atom. The minimum Gasteiger partial charge on any atom is -0.482 e. The fraction of sp³-hybridized carbons (Fsp3) is 0.412. The second-order valence-corrected chi connectivity index (χ2v) is 6.60. The monoisotopic (exact) mass is 356 g/mol. The van der Waals surface area contributed by atoms with Crippen LogP contribution in [0.3, 0.4) is 0 Å². The number of rotatable bonds is 3. The maximum absolute atomic E-state index is 12.9. The third-order valence-electron chi connectivity index (χ3n) is 4.57. The van der Waals surface area contributed by atoms with Gasteiger partial charge in [-0.1, -0.05) is 0 Å². The Balaban J connectivity index is 1.54. The molecule has 1 saturated heterocycles. The highest BCUT2D eigenvalue weighted by Gasteiger charge is 2.37. The average Bonchev–Trinajstić information content (AvgIpc) is 3.27. The number of hydrogen-bond donors (Lipinski definition) is 1. The summed E-state index contributed by atoms with van der Waals surface area (Å²) >= 11 is 0. The van der Waals surface area contributed by atoms with Gasteiger partial charge in [0.2, 0.25) is 0 Å². The molecule has 0 spiro atoms. The number of β-amino-alcohol motifs (C(OH)–C–C–N with tert-alkyl or cyclic N) is 1. The van der Waals surface area contributed by atoms with Gasteiger partial charge in [-0.3, -0.25) is 9.48 Å². The quantitative estimate of drug-likeness (QED) is 0.727. The number of carbonyl (C=O) groups excluding carboxylic acids is 1. The molecular weight excluding hydrogens is 336 g/mol. The van der Waals surface area contributed by atoms with Gasteiger partial charge in [0.15, 0.2) is 11.4 Å². The molecule has 1 N–H and O–H groups in total. The number of ether oxygens (including phenoxy) is 1. The lowest BCUT2D eigenvalue weighted by Gasteiger charge is -2.17. The third kappa shape index (κ3) is 2.80. The number of aliphatic hydroxyl groups is 1. The normalized spacial score (nSPS) is 20.1. The highest BCUT2D eigenvalue weighted by molar-refractivity contribution is 5.95. The first-order valence-electron chi connectivity index (χ1n) is 8.37. The molecule has 0 aromatic carbocycles. The van der Waals surface area contributed by atoms with Crippen LogP contribution < -0.4 is 4.74 Å². The molecule has 4 rings (SSSR count). The highest BCUT2D eigenvalue weighted by Crippen LogP contribution is 2.21. The molecular formula is C17H20N6O3. The van der Waals surface area contributed by atoms with Gasteiger partial charge in [0, 0.05) is 19.3 Å². The summed E-state index contributed by atoms with van der Waals surface area (Å²) in [4.78, 5) is 18.8. The Labute approximate surface area is 149 Å². The average molecular weight is 356 g/mol. The lowest BCUT2D eigenvalue weighted by Crippen LogP contribution is -2.32. The van der Waals surface area contributed by atoms with Gasteiger partial charge in [0.25, 0.3) is 5.91 Å². The summed E-state index contributed by atoms with van der Waals surface area (Å²) in [6.07, 6.45) is 3.61. The lowest BCUT2D eigenvalue weighted by molar-refractivity contribution is 0.0729. The predicted molar refractivity (Wildman–Crippen MR) is 92.0 cm³/mol. The SMILES string of the molecule is Cc1cc2ncc(C(=O)N3C[C@@H](O)[C@H](Oc4cnn(C)c4)C3)c(C)n2n1. The van der Waals surface area contributed by atoms with Crippen LogP contribution in [-0.4, -0.2) is 65.6 Å². The number of likely N-dealkylation sites (tertiary alicyclic amines) is 1. The second kappa shape index (κ2) is 6.10. The van der Waals surface area contributed by atoms with Crippen LogP contribution in [0.15, 0.2) is 24.7 Å². The standard InChI is InChI=1S/C17H20N6O3/c1-10-4-16-18-6-13(11(2)23(16)20-10)17(25)22-8-14(24)15(9-22)26-12-5-19-21(3)7-12/h4-7,14-15,24H,8-9H2,1-3H3/t14-,15-/m1/s1. The Morgan fingerprint density at radius 3 is 2.85 bits per heavy atom. The van der Waals surface area contributed by atoms with Crippen LogP contribution in [0.1, 0.15) is 21.7 Å². The molecule has 3 aromatic heterocycles. The van der Waals surface area contributed by atoms with Gasteiger partial charge in [0.05, 0.1) is 42.4 Å². The largest absolute Gasteiger partial charge is 0.482 e.